The number of nitrogens with one attached hydrogen (secondary N) is 2. The van der Waals surface area contributed by atoms with Crippen molar-refractivity contribution < 1.29 is 23.5 Å². The molecule has 188 valence electrons. The Labute approximate surface area is 205 Å². The number of carbonyl (C=O) groups is 2. The van der Waals surface area contributed by atoms with Gasteiger partial charge in [0, 0.05) is 30.2 Å². The average Bonchev–Trinajstić information content (AvgIpc) is 3.39. The Kier molecular flexibility index (Phi) is 6.04. The maximum Gasteiger partial charge on any atom is 0.413 e. The molecular formula is C24H26FN7O4. The molecule has 0 bridgehead atoms. The van der Waals surface area contributed by atoms with Crippen LogP contribution in [0.15, 0.2) is 30.6 Å². The van der Waals surface area contributed by atoms with Crippen LogP contribution in [0.3, 0.4) is 0 Å². The number of rotatable bonds is 4. The Morgan fingerprint density at radius 1 is 1.25 bits per heavy atom. The first kappa shape index (κ1) is 23.7. The molecule has 0 unspecified atom stereocenters. The molecule has 4 heterocycles. The molecule has 3 aromatic heterocycles. The van der Waals surface area contributed by atoms with Gasteiger partial charge in [-0.1, -0.05) is 0 Å². The molecule has 11 nitrogen and oxygen atoms in total. The van der Waals surface area contributed by atoms with Gasteiger partial charge in [-0.25, -0.2) is 19.2 Å². The first-order valence-corrected chi connectivity index (χ1v) is 11.5. The van der Waals surface area contributed by atoms with Gasteiger partial charge in [0.1, 0.15) is 23.7 Å². The fourth-order valence-electron chi connectivity index (χ4n) is 3.99. The van der Waals surface area contributed by atoms with E-state index in [1.165, 1.54) is 29.2 Å². The molecule has 1 aromatic carbocycles. The Balaban J connectivity index is 1.50. The number of aromatic amines is 1. The second-order valence-electron chi connectivity index (χ2n) is 9.53. The summed E-state index contributed by atoms with van der Waals surface area (Å²) in [6.07, 6.45) is 2.41. The highest BCUT2D eigenvalue weighted by molar-refractivity contribution is 5.94. The maximum absolute atomic E-state index is 14.1. The highest BCUT2D eigenvalue weighted by Crippen LogP contribution is 2.30. The fraction of sp³-hybridized carbons (Fsp3) is 0.375. The van der Waals surface area contributed by atoms with Crippen molar-refractivity contribution in [3.63, 3.8) is 0 Å². The molecule has 0 atom stereocenters. The van der Waals surface area contributed by atoms with Crippen molar-refractivity contribution in [3.05, 3.63) is 36.4 Å². The number of halogens is 1. The molecule has 1 fully saturated rings. The third-order valence-electron chi connectivity index (χ3n) is 5.63. The van der Waals surface area contributed by atoms with Crippen LogP contribution in [0.25, 0.3) is 33.5 Å². The van der Waals surface area contributed by atoms with Crippen molar-refractivity contribution in [3.8, 4) is 17.1 Å². The first-order valence-electron chi connectivity index (χ1n) is 11.5. The second-order valence-corrected chi connectivity index (χ2v) is 9.53. The number of aromatic nitrogens is 5. The molecule has 4 aromatic rings. The number of amides is 2. The summed E-state index contributed by atoms with van der Waals surface area (Å²) in [6.45, 7) is 7.44. The van der Waals surface area contributed by atoms with Gasteiger partial charge in [-0.05, 0) is 39.0 Å². The number of H-pyrrole nitrogens is 1. The lowest BCUT2D eigenvalue weighted by Gasteiger charge is -2.26. The Morgan fingerprint density at radius 2 is 2.03 bits per heavy atom. The third kappa shape index (κ3) is 4.85. The normalized spacial score (nSPS) is 14.4. The van der Waals surface area contributed by atoms with E-state index in [-0.39, 0.29) is 18.2 Å². The van der Waals surface area contributed by atoms with Crippen LogP contribution in [0.2, 0.25) is 0 Å². The number of morpholine rings is 1. The summed E-state index contributed by atoms with van der Waals surface area (Å²) in [4.78, 5) is 38.8. The zero-order valence-electron chi connectivity index (χ0n) is 20.2. The average molecular weight is 496 g/mol. The van der Waals surface area contributed by atoms with E-state index in [1.807, 2.05) is 20.8 Å². The third-order valence-corrected chi connectivity index (χ3v) is 5.63. The van der Waals surface area contributed by atoms with Crippen LogP contribution in [-0.4, -0.2) is 73.5 Å². The van der Waals surface area contributed by atoms with Crippen LogP contribution < -0.4 is 10.1 Å². The Bertz CT molecular complexity index is 1450. The number of fused-ring (bicyclic) bond motifs is 2. The largest absolute Gasteiger partial charge is 0.413 e. The molecule has 12 heteroatoms. The van der Waals surface area contributed by atoms with E-state index in [0.717, 1.165) is 0 Å². The van der Waals surface area contributed by atoms with Crippen LogP contribution in [-0.2, 0) is 16.1 Å². The highest BCUT2D eigenvalue weighted by atomic mass is 19.1. The first-order chi connectivity index (χ1) is 17.2. The van der Waals surface area contributed by atoms with Crippen molar-refractivity contribution in [2.24, 2.45) is 0 Å². The van der Waals surface area contributed by atoms with E-state index in [1.54, 1.807) is 11.0 Å². The van der Waals surface area contributed by atoms with Gasteiger partial charge in [0.05, 0.1) is 24.9 Å². The van der Waals surface area contributed by atoms with Crippen LogP contribution in [0.1, 0.15) is 20.8 Å². The number of benzene rings is 1. The van der Waals surface area contributed by atoms with Gasteiger partial charge in [0.2, 0.25) is 5.91 Å². The van der Waals surface area contributed by atoms with E-state index in [2.05, 4.69) is 25.4 Å². The Morgan fingerprint density at radius 3 is 2.78 bits per heavy atom. The predicted molar refractivity (Wildman–Crippen MR) is 129 cm³/mol. The monoisotopic (exact) mass is 495 g/mol. The summed E-state index contributed by atoms with van der Waals surface area (Å²) in [5, 5.41) is 7.95. The number of hydrogen-bond donors (Lipinski definition) is 2. The smallest absolute Gasteiger partial charge is 0.406 e. The summed E-state index contributed by atoms with van der Waals surface area (Å²) < 4.78 is 26.4. The van der Waals surface area contributed by atoms with Crippen molar-refractivity contribution in [2.45, 2.75) is 32.9 Å². The van der Waals surface area contributed by atoms with Crippen molar-refractivity contribution in [1.29, 1.82) is 0 Å². The molecule has 5 rings (SSSR count). The number of nitrogens with zero attached hydrogens (tertiary/aromatic N) is 5. The van der Waals surface area contributed by atoms with E-state index in [9.17, 15) is 14.0 Å². The van der Waals surface area contributed by atoms with Crippen LogP contribution in [0, 0.1) is 5.82 Å². The van der Waals surface area contributed by atoms with Gasteiger partial charge in [-0.3, -0.25) is 9.48 Å². The fourth-order valence-corrected chi connectivity index (χ4v) is 3.99. The van der Waals surface area contributed by atoms with Crippen LogP contribution in [0.5, 0.6) is 5.75 Å². The lowest BCUT2D eigenvalue weighted by molar-refractivity contribution is -0.136. The molecule has 1 saturated heterocycles. The van der Waals surface area contributed by atoms with Crippen LogP contribution >= 0.6 is 0 Å². The molecule has 2 amide bonds. The zero-order valence-corrected chi connectivity index (χ0v) is 20.2. The van der Waals surface area contributed by atoms with Gasteiger partial charge in [-0.15, -0.1) is 0 Å². The summed E-state index contributed by atoms with van der Waals surface area (Å²) in [6, 6.07) is 4.27. The molecule has 1 aliphatic rings. The molecule has 0 spiro atoms. The van der Waals surface area contributed by atoms with Gasteiger partial charge >= 0.3 is 6.09 Å². The summed E-state index contributed by atoms with van der Waals surface area (Å²) in [7, 11) is 0. The number of ether oxygens (including phenoxy) is 2. The Hall–Kier alpha value is -4.06. The standard InChI is InChI=1S/C24H26FN7O4/c1-24(2,3)29-23(34)36-18-12-27-22-21(18)28-16(11-26-22)20-15-5-4-14(25)10-17(15)32(30-20)13-19(33)31-6-8-35-9-7-31/h4-5,10-12H,6-9,13H2,1-3H3,(H,26,27)(H,29,34). The van der Waals surface area contributed by atoms with E-state index < -0.39 is 17.4 Å². The zero-order chi connectivity index (χ0) is 25.4. The summed E-state index contributed by atoms with van der Waals surface area (Å²) in [5.41, 5.74) is 1.57. The van der Waals surface area contributed by atoms with Gasteiger partial charge < -0.3 is 24.7 Å². The van der Waals surface area contributed by atoms with Gasteiger partial charge in [0.25, 0.3) is 0 Å². The minimum Gasteiger partial charge on any atom is -0.406 e. The topological polar surface area (TPSA) is 127 Å². The molecule has 2 N–H and O–H groups in total. The van der Waals surface area contributed by atoms with E-state index in [0.29, 0.717) is 59.8 Å². The molecule has 0 aliphatic carbocycles. The minimum atomic E-state index is -0.623. The van der Waals surface area contributed by atoms with Crippen molar-refractivity contribution in [2.75, 3.05) is 26.3 Å². The molecular weight excluding hydrogens is 469 g/mol. The van der Waals surface area contributed by atoms with E-state index in [4.69, 9.17) is 9.47 Å². The van der Waals surface area contributed by atoms with Gasteiger partial charge in [-0.2, -0.15) is 5.10 Å². The van der Waals surface area contributed by atoms with Crippen molar-refractivity contribution >= 4 is 34.1 Å². The second kappa shape index (κ2) is 9.19. The lowest BCUT2D eigenvalue weighted by Crippen LogP contribution is -2.42. The lowest BCUT2D eigenvalue weighted by atomic mass is 10.1. The molecule has 1 aliphatic heterocycles. The minimum absolute atomic E-state index is 0.0544. The predicted octanol–water partition coefficient (Wildman–Crippen LogP) is 2.86. The molecule has 0 radical (unpaired) electrons. The highest BCUT2D eigenvalue weighted by Gasteiger charge is 2.22. The molecule has 0 saturated carbocycles. The van der Waals surface area contributed by atoms with Gasteiger partial charge in [0.15, 0.2) is 16.9 Å². The quantitative estimate of drug-likeness (QED) is 0.446. The number of hydrogen-bond acceptors (Lipinski definition) is 7. The molecule has 36 heavy (non-hydrogen) atoms. The summed E-state index contributed by atoms with van der Waals surface area (Å²) >= 11 is 0. The number of carbonyl (C=O) groups excluding carboxylic acids is 2. The van der Waals surface area contributed by atoms with Crippen molar-refractivity contribution in [1.82, 2.24) is 34.9 Å². The SMILES string of the molecule is CC(C)(C)NC(=O)Oc1c[nH]c2ncc(-c3nn(CC(=O)N4CCOCC4)c4cc(F)ccc34)nc12. The van der Waals surface area contributed by atoms with Crippen LogP contribution in [0.4, 0.5) is 9.18 Å². The summed E-state index contributed by atoms with van der Waals surface area (Å²) in [5.74, 6) is -0.369. The maximum atomic E-state index is 14.1. The van der Waals surface area contributed by atoms with E-state index >= 15 is 0 Å².